The van der Waals surface area contributed by atoms with Gasteiger partial charge in [-0.3, -0.25) is 19.9 Å². The third-order valence-corrected chi connectivity index (χ3v) is 16.1. The van der Waals surface area contributed by atoms with Gasteiger partial charge in [0.2, 0.25) is 6.29 Å². The Morgan fingerprint density at radius 3 is 2.60 bits per heavy atom. The van der Waals surface area contributed by atoms with E-state index < -0.39 is 36.7 Å². The zero-order valence-electron chi connectivity index (χ0n) is 38.0. The van der Waals surface area contributed by atoms with E-state index in [9.17, 15) is 35.0 Å². The van der Waals surface area contributed by atoms with Crippen LogP contribution in [0.2, 0.25) is 0 Å². The highest BCUT2D eigenvalue weighted by Gasteiger charge is 2.74. The van der Waals surface area contributed by atoms with Crippen molar-refractivity contribution in [3.8, 4) is 6.07 Å². The summed E-state index contributed by atoms with van der Waals surface area (Å²) in [4.78, 5) is 54.5. The number of allylic oxidation sites excluding steroid dienone is 1. The van der Waals surface area contributed by atoms with Crippen LogP contribution in [0, 0.1) is 27.6 Å². The number of carbonyl (C=O) groups is 3. The van der Waals surface area contributed by atoms with Crippen LogP contribution in [0.1, 0.15) is 100 Å². The molecule has 65 heavy (non-hydrogen) atoms. The number of nitrogens with zero attached hydrogens (tertiary/aromatic N) is 5. The topological polar surface area (TPSA) is 219 Å². The quantitative estimate of drug-likeness (QED) is 0.0675. The first-order valence-electron chi connectivity index (χ1n) is 22.4. The first-order chi connectivity index (χ1) is 30.8. The Morgan fingerprint density at radius 1 is 1.11 bits per heavy atom. The van der Waals surface area contributed by atoms with Crippen LogP contribution in [-0.2, 0) is 37.0 Å². The molecule has 6 aliphatic rings. The number of carboxylic acids is 1. The minimum absolute atomic E-state index is 0.00685. The number of aliphatic hydroxyl groups is 2. The van der Waals surface area contributed by atoms with E-state index in [0.29, 0.717) is 29.2 Å². The first-order valence-corrected chi connectivity index (χ1v) is 23.2. The predicted octanol–water partition coefficient (Wildman–Crippen LogP) is 5.56. The maximum Gasteiger partial charge on any atom is 0.438 e. The Balaban J connectivity index is 0.896. The highest BCUT2D eigenvalue weighted by molar-refractivity contribution is 7.22. The second-order valence-corrected chi connectivity index (χ2v) is 20.8. The molecule has 4 aliphatic carbocycles. The predicted molar refractivity (Wildman–Crippen MR) is 240 cm³/mol. The highest BCUT2D eigenvalue weighted by Crippen LogP contribution is 2.78. The first kappa shape index (κ1) is 46.8. The number of hydrogen-bond acceptors (Lipinski definition) is 15. The van der Waals surface area contributed by atoms with Gasteiger partial charge in [0, 0.05) is 63.0 Å². The normalized spacial score (nSPS) is 31.3. The standard InChI is InChI=1S/C47H61N7O10S/c1-27(2)54(52(7)28(3)29(4)53-16-14-31-30(19-48)12-13-32(33(31)20-53)40(57)51-42-50-34-10-8-9-11-36(34)65-42)26-46-22-44(5)21-45(46,6)24-47(23-44,25-46)61-17-15-49-43(60)64-63-37-18-35(55)38(56)39(62-37)41(58)59/h8-13,28-29,35,37-39,55-56H,1,14-18,20-26H2,2-7H3,(H,49,60)(H,58,59)(H,50,51,57)/t28?,29-,35+,37-,38-,39-,44?,45?,46?,47?/m0/s1. The second-order valence-electron chi connectivity index (χ2n) is 19.8. The molecule has 0 radical (unpaired) electrons. The van der Waals surface area contributed by atoms with Crippen LogP contribution in [0.4, 0.5) is 9.93 Å². The Hall–Kier alpha value is -4.71. The molecule has 18 heteroatoms. The van der Waals surface area contributed by atoms with Gasteiger partial charge in [-0.1, -0.05) is 43.9 Å². The van der Waals surface area contributed by atoms with Crippen molar-refractivity contribution < 1.29 is 49.0 Å². The van der Waals surface area contributed by atoms with Gasteiger partial charge in [0.05, 0.1) is 40.2 Å². The maximum absolute atomic E-state index is 13.9. The van der Waals surface area contributed by atoms with Gasteiger partial charge in [-0.05, 0) is 111 Å². The van der Waals surface area contributed by atoms with Crippen molar-refractivity contribution >= 4 is 44.7 Å². The number of aliphatic hydroxyl groups excluding tert-OH is 2. The molecule has 10 atom stereocenters. The van der Waals surface area contributed by atoms with Crippen molar-refractivity contribution in [2.24, 2.45) is 16.2 Å². The zero-order valence-corrected chi connectivity index (χ0v) is 38.8. The number of nitrogens with one attached hydrogen (secondary N) is 2. The van der Waals surface area contributed by atoms with E-state index in [1.54, 1.807) is 12.1 Å². The number of likely N-dealkylation sites (N-methyl/N-ethyl adjacent to an activating group) is 1. The fourth-order valence-corrected chi connectivity index (χ4v) is 13.2. The van der Waals surface area contributed by atoms with Gasteiger partial charge in [-0.25, -0.2) is 19.6 Å². The van der Waals surface area contributed by atoms with Crippen LogP contribution >= 0.6 is 11.3 Å². The third-order valence-electron chi connectivity index (χ3n) is 15.1. The van der Waals surface area contributed by atoms with E-state index in [1.165, 1.54) is 11.3 Å². The molecular formula is C47H61N7O10S. The van der Waals surface area contributed by atoms with E-state index in [1.807, 2.05) is 24.3 Å². The number of fused-ring (bicyclic) bond motifs is 2. The average molecular weight is 916 g/mol. The summed E-state index contributed by atoms with van der Waals surface area (Å²) in [7, 11) is 2.13. The molecule has 1 aromatic heterocycles. The van der Waals surface area contributed by atoms with Crippen molar-refractivity contribution in [1.82, 2.24) is 25.2 Å². The summed E-state index contributed by atoms with van der Waals surface area (Å²) in [6.45, 7) is 18.2. The summed E-state index contributed by atoms with van der Waals surface area (Å²) >= 11 is 1.43. The SMILES string of the molecule is C=C(C)N(CC12CC3(C)CC(OCCNC(=O)OO[C@H]4C[C@@H](O)[C@H](O)[C@@H](C(=O)O)O4)(CC1(C)C3)C2)N(C)C(C)[C@H](C)N1CCc2c(C#N)ccc(C(=O)Nc3nc4ccccc4s3)c2C1. The fourth-order valence-electron chi connectivity index (χ4n) is 12.4. The van der Waals surface area contributed by atoms with Crippen molar-refractivity contribution in [3.63, 3.8) is 0 Å². The lowest BCUT2D eigenvalue weighted by atomic mass is 9.65. The van der Waals surface area contributed by atoms with E-state index in [0.717, 1.165) is 72.2 Å². The molecule has 3 aromatic rings. The molecule has 2 amide bonds. The number of aliphatic carboxylic acids is 1. The van der Waals surface area contributed by atoms with E-state index >= 15 is 0 Å². The molecule has 9 rings (SSSR count). The van der Waals surface area contributed by atoms with Crippen molar-refractivity contribution in [1.29, 1.82) is 5.26 Å². The number of carbonyl (C=O) groups excluding carboxylic acids is 2. The van der Waals surface area contributed by atoms with Gasteiger partial charge in [0.1, 0.15) is 6.10 Å². The lowest BCUT2D eigenvalue weighted by Crippen LogP contribution is -2.56. The summed E-state index contributed by atoms with van der Waals surface area (Å²) in [5.41, 5.74) is 4.39. The number of ether oxygens (including phenoxy) is 2. The summed E-state index contributed by atoms with van der Waals surface area (Å²) in [5, 5.41) is 50.0. The van der Waals surface area contributed by atoms with E-state index in [-0.39, 0.29) is 59.4 Å². The Bertz CT molecular complexity index is 2360. The number of aromatic nitrogens is 1. The highest BCUT2D eigenvalue weighted by atomic mass is 32.1. The van der Waals surface area contributed by atoms with Crippen molar-refractivity contribution in [3.05, 3.63) is 70.9 Å². The third kappa shape index (κ3) is 8.97. The molecule has 2 aromatic carbocycles. The van der Waals surface area contributed by atoms with Gasteiger partial charge < -0.3 is 35.1 Å². The lowest BCUT2D eigenvalue weighted by Gasteiger charge is -2.50. The fraction of sp³-hybridized carbons (Fsp3) is 0.596. The van der Waals surface area contributed by atoms with Gasteiger partial charge >= 0.3 is 12.1 Å². The summed E-state index contributed by atoms with van der Waals surface area (Å²) < 4.78 is 12.9. The van der Waals surface area contributed by atoms with Gasteiger partial charge in [0.25, 0.3) is 5.91 Å². The molecule has 0 spiro atoms. The largest absolute Gasteiger partial charge is 0.479 e. The van der Waals surface area contributed by atoms with Crippen LogP contribution in [0.3, 0.4) is 0 Å². The molecular weight excluding hydrogens is 855 g/mol. The Morgan fingerprint density at radius 2 is 1.88 bits per heavy atom. The number of para-hydroxylation sites is 1. The van der Waals surface area contributed by atoms with E-state index in [4.69, 9.17) is 19.2 Å². The smallest absolute Gasteiger partial charge is 0.438 e. The minimum Gasteiger partial charge on any atom is -0.479 e. The van der Waals surface area contributed by atoms with Gasteiger partial charge in [-0.2, -0.15) is 10.1 Å². The number of rotatable bonds is 16. The molecule has 1 saturated heterocycles. The molecule has 17 nitrogen and oxygen atoms in total. The minimum atomic E-state index is -1.73. The summed E-state index contributed by atoms with van der Waals surface area (Å²) in [6.07, 6.45) is -1.88. The monoisotopic (exact) mass is 915 g/mol. The van der Waals surface area contributed by atoms with Crippen molar-refractivity contribution in [2.75, 3.05) is 38.6 Å². The number of carboxylic acid groups (broad SMARTS) is 1. The number of hydrazine groups is 1. The number of anilines is 1. The molecule has 2 aliphatic heterocycles. The molecule has 3 heterocycles. The lowest BCUT2D eigenvalue weighted by molar-refractivity contribution is -0.369. The number of amides is 2. The number of hydrogen-bond donors (Lipinski definition) is 5. The van der Waals surface area contributed by atoms with Gasteiger partial charge in [-0.15, -0.1) is 0 Å². The Kier molecular flexibility index (Phi) is 12.8. The molecule has 4 saturated carbocycles. The summed E-state index contributed by atoms with van der Waals surface area (Å²) in [5.74, 6) is -1.72. The van der Waals surface area contributed by atoms with Crippen LogP contribution in [0.15, 0.2) is 48.7 Å². The van der Waals surface area contributed by atoms with Crippen molar-refractivity contribution in [2.45, 2.75) is 128 Å². The summed E-state index contributed by atoms with van der Waals surface area (Å²) in [6, 6.07) is 13.8. The molecule has 5 unspecified atom stereocenters. The van der Waals surface area contributed by atoms with Crippen LogP contribution in [0.25, 0.3) is 10.2 Å². The number of nitriles is 1. The molecule has 350 valence electrons. The molecule has 5 N–H and O–H groups in total. The Labute approximate surface area is 383 Å². The second kappa shape index (κ2) is 17.8. The van der Waals surface area contributed by atoms with E-state index in [2.05, 4.69) is 84.8 Å². The van der Waals surface area contributed by atoms with Crippen LogP contribution < -0.4 is 10.6 Å². The van der Waals surface area contributed by atoms with Gasteiger partial charge in [0.15, 0.2) is 11.2 Å². The van der Waals surface area contributed by atoms with Crippen LogP contribution in [0.5, 0.6) is 0 Å². The molecule has 4 bridgehead atoms. The average Bonchev–Trinajstić information content (AvgIpc) is 3.80. The number of thiazole rings is 1. The number of benzene rings is 2. The van der Waals surface area contributed by atoms with Crippen LogP contribution in [-0.4, -0.2) is 129 Å². The zero-order chi connectivity index (χ0) is 46.6. The molecule has 5 fully saturated rings. The maximum atomic E-state index is 13.9.